The van der Waals surface area contributed by atoms with Crippen LogP contribution in [0.2, 0.25) is 0 Å². The van der Waals surface area contributed by atoms with Crippen LogP contribution in [0, 0.1) is 5.41 Å². The van der Waals surface area contributed by atoms with Crippen LogP contribution >= 0.6 is 0 Å². The highest BCUT2D eigenvalue weighted by Crippen LogP contribution is 2.34. The zero-order valence-electron chi connectivity index (χ0n) is 18.8. The fraction of sp³-hybridized carbons (Fsp3) is 0.208. The van der Waals surface area contributed by atoms with Crippen LogP contribution in [-0.2, 0) is 4.74 Å². The second-order valence-corrected chi connectivity index (χ2v) is 7.63. The Hall–Kier alpha value is -4.12. The monoisotopic (exact) mass is 485 g/mol. The van der Waals surface area contributed by atoms with Crippen molar-refractivity contribution in [3.05, 3.63) is 76.3 Å². The predicted octanol–water partition coefficient (Wildman–Crippen LogP) is 3.96. The van der Waals surface area contributed by atoms with E-state index in [1.54, 1.807) is 61.8 Å². The number of pyridine rings is 1. The molecule has 0 fully saturated rings. The maximum atomic E-state index is 13.7. The summed E-state index contributed by atoms with van der Waals surface area (Å²) in [6.07, 6.45) is 2.11. The SMILES string of the molecule is CN/C=C1/C=C(c2cc3c(n(-c4ccc(OC)cc4)c2=O)NC(OCC(F)(F)F)C=N3)C=CC1=N. The molecule has 0 bridgehead atoms. The van der Waals surface area contributed by atoms with Gasteiger partial charge < -0.3 is 25.5 Å². The topological polar surface area (TPSA) is 101 Å². The molecule has 0 amide bonds. The number of hydrogen-bond donors (Lipinski definition) is 3. The summed E-state index contributed by atoms with van der Waals surface area (Å²) in [5.41, 5.74) is 2.09. The van der Waals surface area contributed by atoms with Crippen LogP contribution in [0.5, 0.6) is 5.75 Å². The number of rotatable bonds is 6. The van der Waals surface area contributed by atoms with Crippen LogP contribution in [0.1, 0.15) is 5.56 Å². The summed E-state index contributed by atoms with van der Waals surface area (Å²) in [4.78, 5) is 18.0. The predicted molar refractivity (Wildman–Crippen MR) is 128 cm³/mol. The lowest BCUT2D eigenvalue weighted by Gasteiger charge is -2.26. The fourth-order valence-electron chi connectivity index (χ4n) is 3.62. The van der Waals surface area contributed by atoms with Gasteiger partial charge >= 0.3 is 6.18 Å². The van der Waals surface area contributed by atoms with Crippen molar-refractivity contribution in [3.63, 3.8) is 0 Å². The summed E-state index contributed by atoms with van der Waals surface area (Å²) < 4.78 is 49.4. The van der Waals surface area contributed by atoms with E-state index in [9.17, 15) is 18.0 Å². The second kappa shape index (κ2) is 9.63. The number of anilines is 1. The number of hydrogen-bond acceptors (Lipinski definition) is 7. The first-order valence-corrected chi connectivity index (χ1v) is 10.5. The molecule has 35 heavy (non-hydrogen) atoms. The van der Waals surface area contributed by atoms with E-state index in [2.05, 4.69) is 15.6 Å². The zero-order valence-corrected chi connectivity index (χ0v) is 18.8. The summed E-state index contributed by atoms with van der Waals surface area (Å²) in [7, 11) is 3.22. The number of allylic oxidation sites excluding steroid dienone is 5. The Morgan fingerprint density at radius 3 is 2.66 bits per heavy atom. The number of fused-ring (bicyclic) bond motifs is 1. The normalized spacial score (nSPS) is 18.2. The van der Waals surface area contributed by atoms with Crippen LogP contribution in [0.15, 0.2) is 70.1 Å². The first-order valence-electron chi connectivity index (χ1n) is 10.5. The molecule has 4 rings (SSSR count). The summed E-state index contributed by atoms with van der Waals surface area (Å²) >= 11 is 0. The van der Waals surface area contributed by atoms with Crippen molar-refractivity contribution >= 4 is 29.0 Å². The van der Waals surface area contributed by atoms with E-state index in [0.29, 0.717) is 33.8 Å². The molecule has 2 aromatic rings. The number of aliphatic imine (C=N–C) groups is 1. The number of nitrogens with one attached hydrogen (secondary N) is 3. The van der Waals surface area contributed by atoms with Gasteiger partial charge in [0.1, 0.15) is 23.9 Å². The average molecular weight is 485 g/mol. The number of ether oxygens (including phenoxy) is 2. The van der Waals surface area contributed by atoms with Gasteiger partial charge in [-0.25, -0.2) is 0 Å². The molecule has 0 saturated carbocycles. The summed E-state index contributed by atoms with van der Waals surface area (Å²) in [5.74, 6) is 0.764. The highest BCUT2D eigenvalue weighted by atomic mass is 19.4. The molecule has 1 aliphatic heterocycles. The maximum absolute atomic E-state index is 13.7. The minimum atomic E-state index is -4.51. The van der Waals surface area contributed by atoms with Crippen molar-refractivity contribution in [1.82, 2.24) is 9.88 Å². The molecule has 0 radical (unpaired) electrons. The first-order chi connectivity index (χ1) is 16.7. The van der Waals surface area contributed by atoms with Crippen molar-refractivity contribution in [3.8, 4) is 11.4 Å². The Labute approximate surface area is 198 Å². The number of halogens is 3. The Kier molecular flexibility index (Phi) is 6.61. The molecule has 8 nitrogen and oxygen atoms in total. The van der Waals surface area contributed by atoms with Crippen molar-refractivity contribution < 1.29 is 22.6 Å². The molecule has 0 saturated heterocycles. The number of aromatic nitrogens is 1. The fourth-order valence-corrected chi connectivity index (χ4v) is 3.62. The Bertz CT molecular complexity index is 1320. The molecular weight excluding hydrogens is 463 g/mol. The van der Waals surface area contributed by atoms with E-state index in [4.69, 9.17) is 14.9 Å². The van der Waals surface area contributed by atoms with Crippen LogP contribution in [0.4, 0.5) is 24.7 Å². The van der Waals surface area contributed by atoms with Gasteiger partial charge in [-0.15, -0.1) is 0 Å². The molecule has 2 heterocycles. The first kappa shape index (κ1) is 24.0. The lowest BCUT2D eigenvalue weighted by Crippen LogP contribution is -2.35. The molecule has 0 spiro atoms. The highest BCUT2D eigenvalue weighted by Gasteiger charge is 2.31. The number of benzene rings is 1. The van der Waals surface area contributed by atoms with Gasteiger partial charge in [-0.05, 0) is 48.1 Å². The number of nitrogens with zero attached hydrogens (tertiary/aromatic N) is 2. The van der Waals surface area contributed by atoms with Crippen LogP contribution in [0.25, 0.3) is 11.3 Å². The zero-order chi connectivity index (χ0) is 25.2. The third kappa shape index (κ3) is 5.19. The molecule has 2 aliphatic rings. The van der Waals surface area contributed by atoms with Gasteiger partial charge in [0.05, 0.1) is 24.7 Å². The van der Waals surface area contributed by atoms with E-state index in [-0.39, 0.29) is 11.5 Å². The molecule has 11 heteroatoms. The molecular formula is C24H22F3N5O3. The molecule has 1 aliphatic carbocycles. The van der Waals surface area contributed by atoms with Gasteiger partial charge in [-0.1, -0.05) is 6.08 Å². The van der Waals surface area contributed by atoms with E-state index in [1.807, 2.05) is 0 Å². The van der Waals surface area contributed by atoms with Crippen molar-refractivity contribution in [2.75, 3.05) is 26.1 Å². The largest absolute Gasteiger partial charge is 0.497 e. The standard InChI is InChI=1S/C24H22F3N5O3/c1-29-11-15-9-14(3-8-19(15)28)18-10-20-22(31-21(12-30-20)35-13-24(25,26)27)32(23(18)33)16-4-6-17(34-2)7-5-16/h3-12,21,28-29,31H,13H2,1-2H3/b15-11-,28-19?. The van der Waals surface area contributed by atoms with Crippen LogP contribution < -0.4 is 20.9 Å². The second-order valence-electron chi connectivity index (χ2n) is 7.63. The van der Waals surface area contributed by atoms with Crippen molar-refractivity contribution in [2.24, 2.45) is 4.99 Å². The third-order valence-corrected chi connectivity index (χ3v) is 5.23. The van der Waals surface area contributed by atoms with Crippen LogP contribution in [-0.4, -0.2) is 49.7 Å². The van der Waals surface area contributed by atoms with Gasteiger partial charge in [0.25, 0.3) is 5.56 Å². The van der Waals surface area contributed by atoms with Gasteiger partial charge in [0, 0.05) is 24.4 Å². The van der Waals surface area contributed by atoms with E-state index in [1.165, 1.54) is 17.9 Å². The minimum Gasteiger partial charge on any atom is -0.497 e. The van der Waals surface area contributed by atoms with Crippen LogP contribution in [0.3, 0.4) is 0 Å². The third-order valence-electron chi connectivity index (χ3n) is 5.23. The van der Waals surface area contributed by atoms with Crippen molar-refractivity contribution in [1.29, 1.82) is 5.41 Å². The van der Waals surface area contributed by atoms with E-state index < -0.39 is 24.6 Å². The summed E-state index contributed by atoms with van der Waals surface area (Å²) in [5, 5.41) is 13.8. The Morgan fingerprint density at radius 2 is 2.00 bits per heavy atom. The van der Waals surface area contributed by atoms with Gasteiger partial charge in [0.15, 0.2) is 6.23 Å². The maximum Gasteiger partial charge on any atom is 0.411 e. The molecule has 1 aromatic carbocycles. The smallest absolute Gasteiger partial charge is 0.411 e. The molecule has 1 aromatic heterocycles. The number of methoxy groups -OCH3 is 1. The highest BCUT2D eigenvalue weighted by molar-refractivity contribution is 6.13. The molecule has 1 atom stereocenters. The molecule has 3 N–H and O–H groups in total. The number of alkyl halides is 3. The summed E-state index contributed by atoms with van der Waals surface area (Å²) in [6, 6.07) is 8.20. The minimum absolute atomic E-state index is 0.192. The van der Waals surface area contributed by atoms with Gasteiger partial charge in [-0.2, -0.15) is 13.2 Å². The quantitative estimate of drug-likeness (QED) is 0.575. The molecule has 1 unspecified atom stereocenters. The Morgan fingerprint density at radius 1 is 1.26 bits per heavy atom. The van der Waals surface area contributed by atoms with E-state index >= 15 is 0 Å². The molecule has 182 valence electrons. The lowest BCUT2D eigenvalue weighted by atomic mass is 9.96. The lowest BCUT2D eigenvalue weighted by molar-refractivity contribution is -0.176. The van der Waals surface area contributed by atoms with Gasteiger partial charge in [-0.3, -0.25) is 14.4 Å². The van der Waals surface area contributed by atoms with Crippen molar-refractivity contribution in [2.45, 2.75) is 12.4 Å². The summed E-state index contributed by atoms with van der Waals surface area (Å²) in [6.45, 7) is -1.47. The van der Waals surface area contributed by atoms with Gasteiger partial charge in [0.2, 0.25) is 0 Å². The average Bonchev–Trinajstić information content (AvgIpc) is 2.83. The Balaban J connectivity index is 1.85. The van der Waals surface area contributed by atoms with E-state index in [0.717, 1.165) is 0 Å².